The molecule has 5 nitrogen and oxygen atoms in total. The van der Waals surface area contributed by atoms with Crippen LogP contribution in [0, 0.1) is 6.92 Å². The van der Waals surface area contributed by atoms with Crippen LogP contribution < -0.4 is 10.6 Å². The molecule has 1 aliphatic carbocycles. The Morgan fingerprint density at radius 1 is 0.964 bits per heavy atom. The number of nitrogens with zero attached hydrogens (tertiary/aromatic N) is 1. The molecule has 2 aromatic carbocycles. The molecule has 144 valence electrons. The number of nitrogens with one attached hydrogen (secondary N) is 2. The topological polar surface area (TPSA) is 67.2 Å². The molecule has 0 unspecified atom stereocenters. The van der Waals surface area contributed by atoms with Gasteiger partial charge in [0.2, 0.25) is 5.89 Å². The lowest BCUT2D eigenvalue weighted by Crippen LogP contribution is -2.22. The molecule has 5 heteroatoms. The predicted octanol–water partition coefficient (Wildman–Crippen LogP) is 5.65. The summed E-state index contributed by atoms with van der Waals surface area (Å²) >= 11 is 0. The molecule has 3 aromatic rings. The van der Waals surface area contributed by atoms with Gasteiger partial charge in [-0.2, -0.15) is 0 Å². The van der Waals surface area contributed by atoms with E-state index in [1.54, 1.807) is 6.92 Å². The van der Waals surface area contributed by atoms with Crippen LogP contribution in [-0.4, -0.2) is 16.9 Å². The Hall–Kier alpha value is -3.08. The monoisotopic (exact) mass is 375 g/mol. The van der Waals surface area contributed by atoms with Crippen molar-refractivity contribution in [2.45, 2.75) is 45.1 Å². The fourth-order valence-electron chi connectivity index (χ4n) is 3.63. The molecular formula is C23H25N3O2. The van der Waals surface area contributed by atoms with Gasteiger partial charge in [0.05, 0.1) is 0 Å². The lowest BCUT2D eigenvalue weighted by Gasteiger charge is -2.23. The summed E-state index contributed by atoms with van der Waals surface area (Å²) < 4.78 is 5.68. The Bertz CT molecular complexity index is 926. The van der Waals surface area contributed by atoms with Crippen LogP contribution >= 0.6 is 0 Å². The summed E-state index contributed by atoms with van der Waals surface area (Å²) in [4.78, 5) is 17.0. The number of amides is 1. The number of hydrogen-bond acceptors (Lipinski definition) is 4. The molecule has 1 aromatic heterocycles. The van der Waals surface area contributed by atoms with Crippen LogP contribution in [0.5, 0.6) is 0 Å². The standard InChI is InChI=1S/C23H25N3O2/c1-16-21(26-23(28-16)17-8-4-2-5-9-17)22(27)25-20-14-12-19(13-15-20)24-18-10-6-3-7-11-18/h2,4-5,8-9,12-15,18,24H,3,6-7,10-11H2,1H3,(H,25,27). The number of oxazole rings is 1. The number of anilines is 2. The summed E-state index contributed by atoms with van der Waals surface area (Å²) in [6.07, 6.45) is 6.40. The van der Waals surface area contributed by atoms with Crippen LogP contribution in [0.15, 0.2) is 59.0 Å². The zero-order chi connectivity index (χ0) is 19.3. The molecule has 0 saturated heterocycles. The van der Waals surface area contributed by atoms with Crippen molar-refractivity contribution in [1.29, 1.82) is 0 Å². The molecule has 0 atom stereocenters. The number of aryl methyl sites for hydroxylation is 1. The van der Waals surface area contributed by atoms with Crippen LogP contribution in [-0.2, 0) is 0 Å². The van der Waals surface area contributed by atoms with E-state index < -0.39 is 0 Å². The number of hydrogen-bond donors (Lipinski definition) is 2. The molecule has 1 amide bonds. The molecule has 4 rings (SSSR count). The van der Waals surface area contributed by atoms with Gasteiger partial charge in [0.15, 0.2) is 5.69 Å². The third-order valence-corrected chi connectivity index (χ3v) is 5.15. The second kappa shape index (κ2) is 8.30. The SMILES string of the molecule is Cc1oc(-c2ccccc2)nc1C(=O)Nc1ccc(NC2CCCCC2)cc1. The van der Waals surface area contributed by atoms with Crippen LogP contribution in [0.25, 0.3) is 11.5 Å². The molecular weight excluding hydrogens is 350 g/mol. The van der Waals surface area contributed by atoms with Crippen molar-refractivity contribution in [2.24, 2.45) is 0 Å². The molecule has 0 radical (unpaired) electrons. The minimum absolute atomic E-state index is 0.267. The summed E-state index contributed by atoms with van der Waals surface area (Å²) in [5.41, 5.74) is 2.99. The van der Waals surface area contributed by atoms with Gasteiger partial charge >= 0.3 is 0 Å². The highest BCUT2D eigenvalue weighted by molar-refractivity contribution is 6.03. The number of carbonyl (C=O) groups excluding carboxylic acids is 1. The van der Waals surface area contributed by atoms with Gasteiger partial charge in [-0.05, 0) is 56.2 Å². The van der Waals surface area contributed by atoms with Crippen molar-refractivity contribution < 1.29 is 9.21 Å². The zero-order valence-electron chi connectivity index (χ0n) is 16.1. The van der Waals surface area contributed by atoms with Crippen molar-refractivity contribution in [3.8, 4) is 11.5 Å². The second-order valence-corrected chi connectivity index (χ2v) is 7.30. The fraction of sp³-hybridized carbons (Fsp3) is 0.304. The van der Waals surface area contributed by atoms with Gasteiger partial charge in [0.1, 0.15) is 5.76 Å². The minimum atomic E-state index is -0.267. The van der Waals surface area contributed by atoms with Gasteiger partial charge in [-0.1, -0.05) is 37.5 Å². The Balaban J connectivity index is 1.41. The summed E-state index contributed by atoms with van der Waals surface area (Å²) in [5.74, 6) is 0.693. The van der Waals surface area contributed by atoms with Gasteiger partial charge in [0, 0.05) is 23.0 Å². The maximum absolute atomic E-state index is 12.6. The van der Waals surface area contributed by atoms with E-state index in [4.69, 9.17) is 4.42 Å². The van der Waals surface area contributed by atoms with Crippen molar-refractivity contribution in [3.63, 3.8) is 0 Å². The van der Waals surface area contributed by atoms with E-state index in [1.165, 1.54) is 32.1 Å². The van der Waals surface area contributed by atoms with E-state index >= 15 is 0 Å². The summed E-state index contributed by atoms with van der Waals surface area (Å²) in [6.45, 7) is 1.76. The molecule has 0 bridgehead atoms. The van der Waals surface area contributed by atoms with Crippen LogP contribution in [0.4, 0.5) is 11.4 Å². The molecule has 1 aliphatic rings. The first-order valence-electron chi connectivity index (χ1n) is 9.90. The molecule has 28 heavy (non-hydrogen) atoms. The van der Waals surface area contributed by atoms with Crippen molar-refractivity contribution in [1.82, 2.24) is 4.98 Å². The second-order valence-electron chi connectivity index (χ2n) is 7.30. The summed E-state index contributed by atoms with van der Waals surface area (Å²) in [6, 6.07) is 18.0. The van der Waals surface area contributed by atoms with Crippen LogP contribution in [0.3, 0.4) is 0 Å². The van der Waals surface area contributed by atoms with Gasteiger partial charge in [-0.25, -0.2) is 4.98 Å². The highest BCUT2D eigenvalue weighted by Gasteiger charge is 2.18. The fourth-order valence-corrected chi connectivity index (χ4v) is 3.63. The first kappa shape index (κ1) is 18.3. The summed E-state index contributed by atoms with van der Waals surface area (Å²) in [5, 5.41) is 6.49. The van der Waals surface area contributed by atoms with E-state index in [2.05, 4.69) is 15.6 Å². The molecule has 0 aliphatic heterocycles. The van der Waals surface area contributed by atoms with Gasteiger partial charge in [-0.3, -0.25) is 4.79 Å². The first-order valence-corrected chi connectivity index (χ1v) is 9.90. The van der Waals surface area contributed by atoms with E-state index in [-0.39, 0.29) is 5.91 Å². The van der Waals surface area contributed by atoms with Crippen LogP contribution in [0.2, 0.25) is 0 Å². The van der Waals surface area contributed by atoms with Gasteiger partial charge in [0.25, 0.3) is 5.91 Å². The predicted molar refractivity (Wildman–Crippen MR) is 112 cm³/mol. The minimum Gasteiger partial charge on any atom is -0.441 e. The van der Waals surface area contributed by atoms with E-state index in [9.17, 15) is 4.79 Å². The van der Waals surface area contributed by atoms with Crippen molar-refractivity contribution in [3.05, 3.63) is 66.1 Å². The lowest BCUT2D eigenvalue weighted by molar-refractivity contribution is 0.102. The third kappa shape index (κ3) is 4.25. The largest absolute Gasteiger partial charge is 0.441 e. The molecule has 1 fully saturated rings. The summed E-state index contributed by atoms with van der Waals surface area (Å²) in [7, 11) is 0. The third-order valence-electron chi connectivity index (χ3n) is 5.15. The van der Waals surface area contributed by atoms with E-state index in [1.807, 2.05) is 54.6 Å². The van der Waals surface area contributed by atoms with Crippen molar-refractivity contribution >= 4 is 17.3 Å². The molecule has 1 saturated carbocycles. The molecule has 0 spiro atoms. The van der Waals surface area contributed by atoms with E-state index in [0.717, 1.165) is 16.9 Å². The highest BCUT2D eigenvalue weighted by atomic mass is 16.4. The Morgan fingerprint density at radius 2 is 1.64 bits per heavy atom. The quantitative estimate of drug-likeness (QED) is 0.605. The first-order chi connectivity index (χ1) is 13.7. The zero-order valence-corrected chi connectivity index (χ0v) is 16.1. The average Bonchev–Trinajstić information content (AvgIpc) is 3.13. The maximum atomic E-state index is 12.6. The van der Waals surface area contributed by atoms with Gasteiger partial charge < -0.3 is 15.1 Å². The molecule has 2 N–H and O–H groups in total. The Labute approximate surface area is 165 Å². The van der Waals surface area contributed by atoms with E-state index in [0.29, 0.717) is 23.4 Å². The Morgan fingerprint density at radius 3 is 2.36 bits per heavy atom. The molecule has 1 heterocycles. The average molecular weight is 375 g/mol. The smallest absolute Gasteiger partial charge is 0.277 e. The Kier molecular flexibility index (Phi) is 5.42. The number of rotatable bonds is 5. The van der Waals surface area contributed by atoms with Crippen LogP contribution in [0.1, 0.15) is 48.4 Å². The highest BCUT2D eigenvalue weighted by Crippen LogP contribution is 2.24. The lowest BCUT2D eigenvalue weighted by atomic mass is 9.95. The normalized spacial score (nSPS) is 14.6. The van der Waals surface area contributed by atoms with Crippen molar-refractivity contribution in [2.75, 3.05) is 10.6 Å². The number of aromatic nitrogens is 1. The number of benzene rings is 2. The number of carbonyl (C=O) groups is 1. The van der Waals surface area contributed by atoms with Gasteiger partial charge in [-0.15, -0.1) is 0 Å². The maximum Gasteiger partial charge on any atom is 0.277 e.